The van der Waals surface area contributed by atoms with Gasteiger partial charge in [-0.15, -0.1) is 0 Å². The minimum Gasteiger partial charge on any atom is -0.456 e. The molecule has 0 saturated heterocycles. The Bertz CT molecular complexity index is 3790. The van der Waals surface area contributed by atoms with Crippen LogP contribution in [0.5, 0.6) is 0 Å². The van der Waals surface area contributed by atoms with E-state index in [1.54, 1.807) is 0 Å². The number of rotatable bonds is 5. The molecule has 0 saturated carbocycles. The highest BCUT2D eigenvalue weighted by molar-refractivity contribution is 6.15. The highest BCUT2D eigenvalue weighted by atomic mass is 16.3. The lowest BCUT2D eigenvalue weighted by molar-refractivity contribution is 0.669. The van der Waals surface area contributed by atoms with Crippen molar-refractivity contribution in [1.29, 1.82) is 0 Å². The van der Waals surface area contributed by atoms with Crippen LogP contribution in [0.2, 0.25) is 0 Å². The maximum atomic E-state index is 6.57. The second-order valence-electron chi connectivity index (χ2n) is 17.2. The third-order valence-electron chi connectivity index (χ3n) is 14.0. The van der Waals surface area contributed by atoms with Crippen molar-refractivity contribution >= 4 is 60.8 Å². The number of nitrogens with zero attached hydrogens (tertiary/aromatic N) is 2. The number of aromatic nitrogens is 1. The molecule has 3 nitrogen and oxygen atoms in total. The summed E-state index contributed by atoms with van der Waals surface area (Å²) in [5.74, 6) is 0. The third kappa shape index (κ3) is 4.76. The first kappa shape index (κ1) is 35.2. The second-order valence-corrected chi connectivity index (χ2v) is 17.2. The molecular weight excluding hydrogens is 777 g/mol. The van der Waals surface area contributed by atoms with E-state index in [1.807, 2.05) is 0 Å². The lowest BCUT2D eigenvalue weighted by Gasteiger charge is -2.32. The number of fused-ring (bicyclic) bond motifs is 16. The Hall–Kier alpha value is -8.40. The first-order valence-corrected chi connectivity index (χ1v) is 22.1. The van der Waals surface area contributed by atoms with E-state index >= 15 is 0 Å². The van der Waals surface area contributed by atoms with Crippen molar-refractivity contribution in [2.75, 3.05) is 4.90 Å². The lowest BCUT2D eigenvalue weighted by atomic mass is 9.70. The summed E-state index contributed by atoms with van der Waals surface area (Å²) in [6.45, 7) is 0. The van der Waals surface area contributed by atoms with Crippen LogP contribution >= 0.6 is 0 Å². The Balaban J connectivity index is 1.03. The molecule has 2 aromatic heterocycles. The molecular formula is C61H38N2O. The van der Waals surface area contributed by atoms with Gasteiger partial charge in [0.05, 0.1) is 27.5 Å². The minimum atomic E-state index is -0.470. The van der Waals surface area contributed by atoms with Gasteiger partial charge in [-0.05, 0) is 122 Å². The topological polar surface area (TPSA) is 21.3 Å². The SMILES string of the molecule is c1ccc(-c2ccc(-n3c4ccccc4c4cc(N(c5ccc6c(c5)C5(c7ccccc7-c7ccccc75)c5ccccc5-6)c5cccc6oc7ccccc7c56)ccc43)cc2)cc1. The van der Waals surface area contributed by atoms with Gasteiger partial charge in [-0.3, -0.25) is 0 Å². The van der Waals surface area contributed by atoms with Crippen molar-refractivity contribution in [3.63, 3.8) is 0 Å². The average Bonchev–Trinajstić information content (AvgIpc) is 4.08. The highest BCUT2D eigenvalue weighted by Gasteiger charge is 2.51. The van der Waals surface area contributed by atoms with E-state index in [0.717, 1.165) is 50.2 Å². The maximum absolute atomic E-state index is 6.57. The van der Waals surface area contributed by atoms with Gasteiger partial charge < -0.3 is 13.9 Å². The Morgan fingerprint density at radius 2 is 0.906 bits per heavy atom. The standard InChI is InChI=1S/C61H38N2O/c1-2-15-39(16-3-1)40-29-31-41(32-30-40)63-55-25-12-7-20-48(55)50-37-42(34-36-56(50)63)62(57-26-14-28-59-60(57)49-21-8-13-27-58(49)64-59)43-33-35-47-46-19-6-11-24-53(46)61(54(47)38-43)51-22-9-4-17-44(51)45-18-5-10-23-52(45)61/h1-38H. The van der Waals surface area contributed by atoms with Gasteiger partial charge in [-0.1, -0.05) is 164 Å². The van der Waals surface area contributed by atoms with Gasteiger partial charge >= 0.3 is 0 Å². The van der Waals surface area contributed by atoms with Crippen LogP contribution < -0.4 is 4.90 Å². The summed E-state index contributed by atoms with van der Waals surface area (Å²) in [6, 6.07) is 84.5. The first-order chi connectivity index (χ1) is 31.8. The molecule has 0 amide bonds. The molecule has 0 atom stereocenters. The van der Waals surface area contributed by atoms with Gasteiger partial charge in [0.25, 0.3) is 0 Å². The summed E-state index contributed by atoms with van der Waals surface area (Å²) in [5.41, 5.74) is 20.8. The zero-order valence-corrected chi connectivity index (χ0v) is 34.7. The fraction of sp³-hybridized carbons (Fsp3) is 0.0164. The summed E-state index contributed by atoms with van der Waals surface area (Å²) >= 11 is 0. The molecule has 64 heavy (non-hydrogen) atoms. The summed E-state index contributed by atoms with van der Waals surface area (Å²) in [7, 11) is 0. The molecule has 0 radical (unpaired) electrons. The average molecular weight is 815 g/mol. The monoisotopic (exact) mass is 814 g/mol. The minimum absolute atomic E-state index is 0.470. The van der Waals surface area contributed by atoms with Gasteiger partial charge in [-0.25, -0.2) is 0 Å². The van der Waals surface area contributed by atoms with E-state index in [1.165, 1.54) is 71.9 Å². The van der Waals surface area contributed by atoms with Crippen LogP contribution in [0.3, 0.4) is 0 Å². The normalized spacial score (nSPS) is 13.1. The summed E-state index contributed by atoms with van der Waals surface area (Å²) < 4.78 is 8.98. The van der Waals surface area contributed by atoms with Gasteiger partial charge in [0.15, 0.2) is 0 Å². The van der Waals surface area contributed by atoms with Crippen LogP contribution in [-0.2, 0) is 5.41 Å². The smallest absolute Gasteiger partial charge is 0.137 e. The third-order valence-corrected chi connectivity index (χ3v) is 14.0. The molecule has 2 heterocycles. The van der Waals surface area contributed by atoms with Crippen molar-refractivity contribution in [2.45, 2.75) is 5.41 Å². The molecule has 0 bridgehead atoms. The number of hydrogen-bond donors (Lipinski definition) is 0. The number of hydrogen-bond acceptors (Lipinski definition) is 2. The second kappa shape index (κ2) is 13.3. The summed E-state index contributed by atoms with van der Waals surface area (Å²) in [4.78, 5) is 2.47. The summed E-state index contributed by atoms with van der Waals surface area (Å²) in [6.07, 6.45) is 0. The van der Waals surface area contributed by atoms with Crippen molar-refractivity contribution in [1.82, 2.24) is 4.57 Å². The quantitative estimate of drug-likeness (QED) is 0.173. The van der Waals surface area contributed by atoms with Crippen LogP contribution in [0.4, 0.5) is 17.1 Å². The fourth-order valence-electron chi connectivity index (χ4n) is 11.4. The Labute approximate surface area is 370 Å². The van der Waals surface area contributed by atoms with Gasteiger partial charge in [-0.2, -0.15) is 0 Å². The molecule has 298 valence electrons. The van der Waals surface area contributed by atoms with Crippen LogP contribution in [0.25, 0.3) is 82.8 Å². The summed E-state index contributed by atoms with van der Waals surface area (Å²) in [5, 5.41) is 4.59. The molecule has 0 N–H and O–H groups in total. The fourth-order valence-corrected chi connectivity index (χ4v) is 11.4. The van der Waals surface area contributed by atoms with Gasteiger partial charge in [0.2, 0.25) is 0 Å². The zero-order valence-electron chi connectivity index (χ0n) is 34.7. The zero-order chi connectivity index (χ0) is 41.9. The molecule has 1 spiro atoms. The number of benzene rings is 10. The van der Waals surface area contributed by atoms with Gasteiger partial charge in [0, 0.05) is 33.2 Å². The van der Waals surface area contributed by atoms with E-state index in [9.17, 15) is 0 Å². The molecule has 2 aliphatic carbocycles. The van der Waals surface area contributed by atoms with E-state index in [-0.39, 0.29) is 0 Å². The van der Waals surface area contributed by atoms with Crippen LogP contribution in [0.1, 0.15) is 22.3 Å². The predicted octanol–water partition coefficient (Wildman–Crippen LogP) is 16.2. The van der Waals surface area contributed by atoms with E-state index in [0.29, 0.717) is 0 Å². The molecule has 0 unspecified atom stereocenters. The maximum Gasteiger partial charge on any atom is 0.137 e. The molecule has 14 rings (SSSR count). The Kier molecular flexibility index (Phi) is 7.32. The largest absolute Gasteiger partial charge is 0.456 e. The molecule has 3 heteroatoms. The first-order valence-electron chi connectivity index (χ1n) is 22.1. The van der Waals surface area contributed by atoms with Crippen LogP contribution in [0.15, 0.2) is 235 Å². The number of furan rings is 1. The Morgan fingerprint density at radius 3 is 1.64 bits per heavy atom. The van der Waals surface area contributed by atoms with Crippen molar-refractivity contribution in [3.05, 3.63) is 253 Å². The Morgan fingerprint density at radius 1 is 0.359 bits per heavy atom. The highest BCUT2D eigenvalue weighted by Crippen LogP contribution is 2.63. The number of para-hydroxylation sites is 2. The van der Waals surface area contributed by atoms with Crippen LogP contribution in [0, 0.1) is 0 Å². The van der Waals surface area contributed by atoms with E-state index in [4.69, 9.17) is 4.42 Å². The van der Waals surface area contributed by atoms with E-state index < -0.39 is 5.41 Å². The predicted molar refractivity (Wildman–Crippen MR) is 264 cm³/mol. The van der Waals surface area contributed by atoms with Crippen molar-refractivity contribution in [3.8, 4) is 39.1 Å². The molecule has 0 fully saturated rings. The number of anilines is 3. The molecule has 10 aromatic carbocycles. The van der Waals surface area contributed by atoms with Gasteiger partial charge in [0.1, 0.15) is 11.2 Å². The van der Waals surface area contributed by atoms with Crippen molar-refractivity contribution < 1.29 is 4.42 Å². The van der Waals surface area contributed by atoms with E-state index in [2.05, 4.69) is 240 Å². The lowest BCUT2D eigenvalue weighted by Crippen LogP contribution is -2.26. The van der Waals surface area contributed by atoms with Crippen LogP contribution in [-0.4, -0.2) is 4.57 Å². The molecule has 2 aliphatic rings. The molecule has 12 aromatic rings. The van der Waals surface area contributed by atoms with Crippen molar-refractivity contribution in [2.24, 2.45) is 0 Å². The molecule has 0 aliphatic heterocycles.